The molecule has 2 heteroatoms. The minimum absolute atomic E-state index is 0.190. The lowest BCUT2D eigenvalue weighted by Gasteiger charge is -1.95. The molecule has 8 heavy (non-hydrogen) atoms. The van der Waals surface area contributed by atoms with E-state index >= 15 is 0 Å². The van der Waals surface area contributed by atoms with Gasteiger partial charge in [0.25, 0.3) is 0 Å². The fourth-order valence-corrected chi connectivity index (χ4v) is 0.434. The Hall–Kier alpha value is -0.0100. The summed E-state index contributed by atoms with van der Waals surface area (Å²) in [4.78, 5) is 0. The lowest BCUT2D eigenvalue weighted by atomic mass is 10.2. The molecular weight excluding hydrogens is 124 g/mol. The van der Waals surface area contributed by atoms with Crippen LogP contribution >= 0.6 is 11.6 Å². The molecule has 0 saturated heterocycles. The standard InChI is InChI=1S/C6H11ClO/c1-5(3-4-8)6(2)7/h8H,3-4H2,1-2H3/b6-5-. The van der Waals surface area contributed by atoms with E-state index in [-0.39, 0.29) is 6.61 Å². The predicted molar refractivity (Wildman–Crippen MR) is 35.9 cm³/mol. The summed E-state index contributed by atoms with van der Waals surface area (Å²) < 4.78 is 0. The van der Waals surface area contributed by atoms with Gasteiger partial charge in [-0.05, 0) is 20.3 Å². The first-order chi connectivity index (χ1) is 3.68. The molecule has 0 aromatic heterocycles. The maximum atomic E-state index is 8.39. The van der Waals surface area contributed by atoms with Crippen molar-refractivity contribution in [3.8, 4) is 0 Å². The minimum Gasteiger partial charge on any atom is -0.396 e. The fraction of sp³-hybridized carbons (Fsp3) is 0.667. The largest absolute Gasteiger partial charge is 0.396 e. The molecule has 0 fully saturated rings. The van der Waals surface area contributed by atoms with Crippen molar-refractivity contribution < 1.29 is 5.11 Å². The maximum absolute atomic E-state index is 8.39. The van der Waals surface area contributed by atoms with Crippen molar-refractivity contribution in [3.63, 3.8) is 0 Å². The van der Waals surface area contributed by atoms with Gasteiger partial charge in [0.2, 0.25) is 0 Å². The van der Waals surface area contributed by atoms with E-state index in [1.165, 1.54) is 0 Å². The van der Waals surface area contributed by atoms with E-state index in [4.69, 9.17) is 16.7 Å². The van der Waals surface area contributed by atoms with E-state index in [0.717, 1.165) is 10.6 Å². The summed E-state index contributed by atoms with van der Waals surface area (Å²) in [5, 5.41) is 9.18. The lowest BCUT2D eigenvalue weighted by molar-refractivity contribution is 0.299. The predicted octanol–water partition coefficient (Wildman–Crippen LogP) is 1.90. The van der Waals surface area contributed by atoms with Crippen molar-refractivity contribution in [2.45, 2.75) is 20.3 Å². The third-order valence-corrected chi connectivity index (χ3v) is 1.40. The number of hydrogen-bond donors (Lipinski definition) is 1. The SMILES string of the molecule is C/C(Cl)=C(\C)CCO. The highest BCUT2D eigenvalue weighted by Crippen LogP contribution is 2.09. The first-order valence-electron chi connectivity index (χ1n) is 2.61. The summed E-state index contributed by atoms with van der Waals surface area (Å²) >= 11 is 5.58. The zero-order valence-corrected chi connectivity index (χ0v) is 6.00. The molecule has 0 bridgehead atoms. The van der Waals surface area contributed by atoms with Crippen LogP contribution in [-0.2, 0) is 0 Å². The third kappa shape index (κ3) is 3.05. The van der Waals surface area contributed by atoms with Crippen molar-refractivity contribution in [2.24, 2.45) is 0 Å². The molecule has 0 aromatic carbocycles. The van der Waals surface area contributed by atoms with Gasteiger partial charge < -0.3 is 5.11 Å². The molecule has 0 radical (unpaired) electrons. The Balaban J connectivity index is 3.62. The van der Waals surface area contributed by atoms with Gasteiger partial charge in [-0.15, -0.1) is 0 Å². The van der Waals surface area contributed by atoms with E-state index in [2.05, 4.69) is 0 Å². The Morgan fingerprint density at radius 2 is 2.00 bits per heavy atom. The summed E-state index contributed by atoms with van der Waals surface area (Å²) in [5.41, 5.74) is 1.06. The molecular formula is C6H11ClO. The van der Waals surface area contributed by atoms with Crippen LogP contribution in [0.4, 0.5) is 0 Å². The average molecular weight is 135 g/mol. The molecule has 0 aliphatic carbocycles. The highest BCUT2D eigenvalue weighted by molar-refractivity contribution is 6.29. The minimum atomic E-state index is 0.190. The number of hydrogen-bond acceptors (Lipinski definition) is 1. The summed E-state index contributed by atoms with van der Waals surface area (Å²) in [6.45, 7) is 3.93. The van der Waals surface area contributed by atoms with Gasteiger partial charge >= 0.3 is 0 Å². The van der Waals surface area contributed by atoms with Crippen LogP contribution in [0, 0.1) is 0 Å². The molecule has 0 atom stereocenters. The molecule has 0 aliphatic heterocycles. The van der Waals surface area contributed by atoms with Crippen LogP contribution in [0.25, 0.3) is 0 Å². The number of rotatable bonds is 2. The smallest absolute Gasteiger partial charge is 0.0468 e. The van der Waals surface area contributed by atoms with Gasteiger partial charge in [-0.25, -0.2) is 0 Å². The molecule has 0 saturated carbocycles. The van der Waals surface area contributed by atoms with Crippen molar-refractivity contribution in [1.29, 1.82) is 0 Å². The molecule has 0 rings (SSSR count). The van der Waals surface area contributed by atoms with E-state index in [0.29, 0.717) is 6.42 Å². The molecule has 0 aromatic rings. The normalized spacial score (nSPS) is 13.5. The van der Waals surface area contributed by atoms with E-state index in [1.807, 2.05) is 13.8 Å². The van der Waals surface area contributed by atoms with Crippen molar-refractivity contribution in [2.75, 3.05) is 6.61 Å². The molecule has 1 N–H and O–H groups in total. The van der Waals surface area contributed by atoms with Gasteiger partial charge in [-0.3, -0.25) is 0 Å². The zero-order chi connectivity index (χ0) is 6.57. The van der Waals surface area contributed by atoms with E-state index < -0.39 is 0 Å². The van der Waals surface area contributed by atoms with Crippen molar-refractivity contribution >= 4 is 11.6 Å². The van der Waals surface area contributed by atoms with Crippen molar-refractivity contribution in [1.82, 2.24) is 0 Å². The number of allylic oxidation sites excluding steroid dienone is 1. The molecule has 0 aliphatic rings. The summed E-state index contributed by atoms with van der Waals surface area (Å²) in [6.07, 6.45) is 0.690. The monoisotopic (exact) mass is 134 g/mol. The van der Waals surface area contributed by atoms with Gasteiger partial charge in [0.05, 0.1) is 0 Å². The van der Waals surface area contributed by atoms with Crippen LogP contribution in [-0.4, -0.2) is 11.7 Å². The Bertz CT molecular complexity index is 92.7. The quantitative estimate of drug-likeness (QED) is 0.612. The Morgan fingerprint density at radius 3 is 2.12 bits per heavy atom. The van der Waals surface area contributed by atoms with Gasteiger partial charge in [0.1, 0.15) is 0 Å². The first kappa shape index (κ1) is 7.99. The summed E-state index contributed by atoms with van der Waals surface area (Å²) in [7, 11) is 0. The second-order valence-electron chi connectivity index (χ2n) is 1.79. The van der Waals surface area contributed by atoms with E-state index in [9.17, 15) is 0 Å². The summed E-state index contributed by atoms with van der Waals surface area (Å²) in [6, 6.07) is 0. The first-order valence-corrected chi connectivity index (χ1v) is 2.99. The molecule has 0 unspecified atom stereocenters. The van der Waals surface area contributed by atoms with Crippen LogP contribution in [0.1, 0.15) is 20.3 Å². The molecule has 0 amide bonds. The van der Waals surface area contributed by atoms with Crippen LogP contribution in [0.15, 0.2) is 10.6 Å². The Morgan fingerprint density at radius 1 is 1.50 bits per heavy atom. The van der Waals surface area contributed by atoms with Crippen molar-refractivity contribution in [3.05, 3.63) is 10.6 Å². The molecule has 0 spiro atoms. The average Bonchev–Trinajstić information content (AvgIpc) is 1.67. The number of aliphatic hydroxyl groups excluding tert-OH is 1. The topological polar surface area (TPSA) is 20.2 Å². The number of halogens is 1. The lowest BCUT2D eigenvalue weighted by Crippen LogP contribution is -1.84. The second kappa shape index (κ2) is 3.93. The maximum Gasteiger partial charge on any atom is 0.0468 e. The number of aliphatic hydroxyl groups is 1. The van der Waals surface area contributed by atoms with Gasteiger partial charge in [0, 0.05) is 11.6 Å². The Labute approximate surface area is 55.0 Å². The van der Waals surface area contributed by atoms with Crippen LogP contribution in [0.2, 0.25) is 0 Å². The summed E-state index contributed by atoms with van der Waals surface area (Å²) in [5.74, 6) is 0. The third-order valence-electron chi connectivity index (χ3n) is 1.07. The second-order valence-corrected chi connectivity index (χ2v) is 2.35. The van der Waals surface area contributed by atoms with Crippen LogP contribution in [0.3, 0.4) is 0 Å². The van der Waals surface area contributed by atoms with Gasteiger partial charge in [0.15, 0.2) is 0 Å². The van der Waals surface area contributed by atoms with Gasteiger partial charge in [-0.2, -0.15) is 0 Å². The van der Waals surface area contributed by atoms with Crippen LogP contribution in [0.5, 0.6) is 0 Å². The van der Waals surface area contributed by atoms with E-state index in [1.54, 1.807) is 0 Å². The molecule has 48 valence electrons. The van der Waals surface area contributed by atoms with Gasteiger partial charge in [-0.1, -0.05) is 17.2 Å². The fourth-order valence-electron chi connectivity index (χ4n) is 0.340. The highest BCUT2D eigenvalue weighted by Gasteiger charge is 1.89. The highest BCUT2D eigenvalue weighted by atomic mass is 35.5. The molecule has 0 heterocycles. The Kier molecular flexibility index (Phi) is 3.92. The molecule has 1 nitrogen and oxygen atoms in total. The zero-order valence-electron chi connectivity index (χ0n) is 5.24. The van der Waals surface area contributed by atoms with Crippen LogP contribution < -0.4 is 0 Å².